The molecule has 1 amide bonds. The highest BCUT2D eigenvalue weighted by Gasteiger charge is 2.11. The fourth-order valence-electron chi connectivity index (χ4n) is 2.28. The number of amides is 1. The van der Waals surface area contributed by atoms with Crippen molar-refractivity contribution < 1.29 is 9.90 Å². The minimum atomic E-state index is -0.307. The molecule has 3 rings (SSSR count). The largest absolute Gasteiger partial charge is 0.507 e. The number of aromatic hydroxyl groups is 1. The Hall–Kier alpha value is -3.08. The standard InChI is InChI=1S/C18H17N3O2/c1-13-7-8-17(22)16(9-13)18(23)19-10-14-11-20-21(12-14)15-5-3-2-4-6-15/h2-9,11-12,22H,10H2,1H3,(H,19,23). The predicted molar refractivity (Wildman–Crippen MR) is 87.6 cm³/mol. The Kier molecular flexibility index (Phi) is 4.10. The number of rotatable bonds is 4. The van der Waals surface area contributed by atoms with Gasteiger partial charge in [-0.3, -0.25) is 4.79 Å². The lowest BCUT2D eigenvalue weighted by atomic mass is 10.1. The molecule has 0 fully saturated rings. The Morgan fingerprint density at radius 3 is 2.78 bits per heavy atom. The lowest BCUT2D eigenvalue weighted by Crippen LogP contribution is -2.22. The van der Waals surface area contributed by atoms with Crippen molar-refractivity contribution in [3.8, 4) is 11.4 Å². The number of phenolic OH excluding ortho intramolecular Hbond substituents is 1. The highest BCUT2D eigenvalue weighted by molar-refractivity contribution is 5.96. The molecule has 2 N–H and O–H groups in total. The molecule has 0 aliphatic carbocycles. The summed E-state index contributed by atoms with van der Waals surface area (Å²) in [6, 6.07) is 14.7. The Bertz CT molecular complexity index is 825. The van der Waals surface area contributed by atoms with E-state index in [0.717, 1.165) is 16.8 Å². The molecule has 1 heterocycles. The molecule has 116 valence electrons. The van der Waals surface area contributed by atoms with E-state index < -0.39 is 0 Å². The smallest absolute Gasteiger partial charge is 0.255 e. The van der Waals surface area contributed by atoms with Gasteiger partial charge in [-0.2, -0.15) is 5.10 Å². The molecular formula is C18H17N3O2. The second-order valence-corrected chi connectivity index (χ2v) is 5.33. The molecule has 23 heavy (non-hydrogen) atoms. The molecule has 0 spiro atoms. The van der Waals surface area contributed by atoms with E-state index >= 15 is 0 Å². The first-order valence-corrected chi connectivity index (χ1v) is 7.30. The van der Waals surface area contributed by atoms with Crippen molar-refractivity contribution in [2.75, 3.05) is 0 Å². The van der Waals surface area contributed by atoms with Gasteiger partial charge in [0, 0.05) is 18.3 Å². The zero-order valence-electron chi connectivity index (χ0n) is 12.7. The van der Waals surface area contributed by atoms with Crippen LogP contribution >= 0.6 is 0 Å². The summed E-state index contributed by atoms with van der Waals surface area (Å²) in [6.45, 7) is 2.22. The second kappa shape index (κ2) is 6.36. The number of hydrogen-bond donors (Lipinski definition) is 2. The molecule has 0 aliphatic rings. The third-order valence-corrected chi connectivity index (χ3v) is 3.51. The van der Waals surface area contributed by atoms with Crippen LogP contribution in [0.2, 0.25) is 0 Å². The number of aryl methyl sites for hydroxylation is 1. The number of hydrogen-bond acceptors (Lipinski definition) is 3. The van der Waals surface area contributed by atoms with E-state index in [0.29, 0.717) is 6.54 Å². The summed E-state index contributed by atoms with van der Waals surface area (Å²) in [5, 5.41) is 16.9. The lowest BCUT2D eigenvalue weighted by molar-refractivity contribution is 0.0948. The molecular weight excluding hydrogens is 290 g/mol. The molecule has 0 aliphatic heterocycles. The van der Waals surface area contributed by atoms with E-state index in [2.05, 4.69) is 10.4 Å². The Morgan fingerprint density at radius 2 is 2.00 bits per heavy atom. The van der Waals surface area contributed by atoms with Crippen molar-refractivity contribution in [1.82, 2.24) is 15.1 Å². The maximum absolute atomic E-state index is 12.2. The summed E-state index contributed by atoms with van der Waals surface area (Å²) >= 11 is 0. The second-order valence-electron chi connectivity index (χ2n) is 5.33. The van der Waals surface area contributed by atoms with Crippen LogP contribution in [0.1, 0.15) is 21.5 Å². The molecule has 0 atom stereocenters. The summed E-state index contributed by atoms with van der Waals surface area (Å²) in [5.41, 5.74) is 3.04. The van der Waals surface area contributed by atoms with Crippen molar-refractivity contribution in [3.63, 3.8) is 0 Å². The first-order valence-electron chi connectivity index (χ1n) is 7.30. The first kappa shape index (κ1) is 14.8. The topological polar surface area (TPSA) is 67.2 Å². The van der Waals surface area contributed by atoms with Gasteiger partial charge in [-0.15, -0.1) is 0 Å². The number of carbonyl (C=O) groups excluding carboxylic acids is 1. The number of phenols is 1. The quantitative estimate of drug-likeness (QED) is 0.779. The van der Waals surface area contributed by atoms with Gasteiger partial charge in [0.1, 0.15) is 5.75 Å². The zero-order valence-corrected chi connectivity index (χ0v) is 12.7. The van der Waals surface area contributed by atoms with E-state index in [1.54, 1.807) is 23.0 Å². The normalized spacial score (nSPS) is 10.5. The Labute approximate surface area is 134 Å². The van der Waals surface area contributed by atoms with E-state index in [1.807, 2.05) is 43.5 Å². The summed E-state index contributed by atoms with van der Waals surface area (Å²) in [5.74, 6) is -0.327. The summed E-state index contributed by atoms with van der Waals surface area (Å²) in [6.07, 6.45) is 3.58. The molecule has 0 saturated heterocycles. The first-order chi connectivity index (χ1) is 11.1. The summed E-state index contributed by atoms with van der Waals surface area (Å²) < 4.78 is 1.76. The Balaban J connectivity index is 1.68. The van der Waals surface area contributed by atoms with Crippen LogP contribution < -0.4 is 5.32 Å². The van der Waals surface area contributed by atoms with Crippen LogP contribution in [0.5, 0.6) is 5.75 Å². The van der Waals surface area contributed by atoms with Gasteiger partial charge in [0.15, 0.2) is 0 Å². The van der Waals surface area contributed by atoms with Crippen LogP contribution in [0.25, 0.3) is 5.69 Å². The Morgan fingerprint density at radius 1 is 1.22 bits per heavy atom. The predicted octanol–water partition coefficient (Wildman–Crippen LogP) is 2.82. The van der Waals surface area contributed by atoms with Crippen molar-refractivity contribution >= 4 is 5.91 Å². The van der Waals surface area contributed by atoms with Gasteiger partial charge in [0.25, 0.3) is 5.91 Å². The minimum absolute atomic E-state index is 0.0203. The number of carbonyl (C=O) groups is 1. The molecule has 3 aromatic rings. The highest BCUT2D eigenvalue weighted by atomic mass is 16.3. The molecule has 5 heteroatoms. The number of para-hydroxylation sites is 1. The fourth-order valence-corrected chi connectivity index (χ4v) is 2.28. The molecule has 2 aromatic carbocycles. The molecule has 0 bridgehead atoms. The van der Waals surface area contributed by atoms with Crippen molar-refractivity contribution in [3.05, 3.63) is 77.6 Å². The van der Waals surface area contributed by atoms with E-state index in [4.69, 9.17) is 0 Å². The van der Waals surface area contributed by atoms with Gasteiger partial charge in [0.2, 0.25) is 0 Å². The summed E-state index contributed by atoms with van der Waals surface area (Å²) in [4.78, 5) is 12.2. The van der Waals surface area contributed by atoms with Gasteiger partial charge in [0.05, 0.1) is 17.4 Å². The van der Waals surface area contributed by atoms with E-state index in [9.17, 15) is 9.90 Å². The van der Waals surface area contributed by atoms with Crippen molar-refractivity contribution in [2.45, 2.75) is 13.5 Å². The lowest BCUT2D eigenvalue weighted by Gasteiger charge is -2.06. The van der Waals surface area contributed by atoms with Gasteiger partial charge in [-0.1, -0.05) is 29.8 Å². The van der Waals surface area contributed by atoms with Crippen LogP contribution in [0.3, 0.4) is 0 Å². The number of nitrogens with one attached hydrogen (secondary N) is 1. The average molecular weight is 307 g/mol. The highest BCUT2D eigenvalue weighted by Crippen LogP contribution is 2.18. The SMILES string of the molecule is Cc1ccc(O)c(C(=O)NCc2cnn(-c3ccccc3)c2)c1. The average Bonchev–Trinajstić information content (AvgIpc) is 3.05. The van der Waals surface area contributed by atoms with Crippen LogP contribution in [0.15, 0.2) is 60.9 Å². The molecule has 5 nitrogen and oxygen atoms in total. The third-order valence-electron chi connectivity index (χ3n) is 3.51. The molecule has 0 unspecified atom stereocenters. The van der Waals surface area contributed by atoms with Crippen LogP contribution in [-0.2, 0) is 6.54 Å². The molecule has 0 radical (unpaired) electrons. The van der Waals surface area contributed by atoms with Gasteiger partial charge in [-0.05, 0) is 31.2 Å². The van der Waals surface area contributed by atoms with E-state index in [1.165, 1.54) is 6.07 Å². The van der Waals surface area contributed by atoms with Crippen LogP contribution in [0, 0.1) is 6.92 Å². The molecule has 1 aromatic heterocycles. The maximum atomic E-state index is 12.2. The van der Waals surface area contributed by atoms with Crippen molar-refractivity contribution in [1.29, 1.82) is 0 Å². The van der Waals surface area contributed by atoms with Crippen LogP contribution in [-0.4, -0.2) is 20.8 Å². The monoisotopic (exact) mass is 307 g/mol. The minimum Gasteiger partial charge on any atom is -0.507 e. The number of benzene rings is 2. The molecule has 0 saturated carbocycles. The number of aromatic nitrogens is 2. The van der Waals surface area contributed by atoms with Gasteiger partial charge >= 0.3 is 0 Å². The van der Waals surface area contributed by atoms with Gasteiger partial charge in [-0.25, -0.2) is 4.68 Å². The number of nitrogens with zero attached hydrogens (tertiary/aromatic N) is 2. The van der Waals surface area contributed by atoms with Crippen LogP contribution in [0.4, 0.5) is 0 Å². The van der Waals surface area contributed by atoms with E-state index in [-0.39, 0.29) is 17.2 Å². The summed E-state index contributed by atoms with van der Waals surface area (Å²) in [7, 11) is 0. The van der Waals surface area contributed by atoms with Gasteiger partial charge < -0.3 is 10.4 Å². The third kappa shape index (κ3) is 3.40. The zero-order chi connectivity index (χ0) is 16.2. The van der Waals surface area contributed by atoms with Crippen molar-refractivity contribution in [2.24, 2.45) is 0 Å². The fraction of sp³-hybridized carbons (Fsp3) is 0.111. The maximum Gasteiger partial charge on any atom is 0.255 e.